The molecule has 0 spiro atoms. The molecule has 0 aliphatic heterocycles. The number of benzene rings is 2. The summed E-state index contributed by atoms with van der Waals surface area (Å²) in [4.78, 5) is 12.2. The van der Waals surface area contributed by atoms with Gasteiger partial charge >= 0.3 is 0 Å². The van der Waals surface area contributed by atoms with Crippen molar-refractivity contribution in [1.29, 1.82) is 0 Å². The summed E-state index contributed by atoms with van der Waals surface area (Å²) in [6.45, 7) is 6.08. The minimum atomic E-state index is -0.0497. The summed E-state index contributed by atoms with van der Waals surface area (Å²) in [7, 11) is 0. The minimum Gasteiger partial charge on any atom is -0.325 e. The highest BCUT2D eigenvalue weighted by Crippen LogP contribution is 2.21. The molecule has 3 rings (SSSR count). The van der Waals surface area contributed by atoms with Crippen LogP contribution in [0.15, 0.2) is 59.6 Å². The summed E-state index contributed by atoms with van der Waals surface area (Å²) >= 11 is 1.38. The fourth-order valence-corrected chi connectivity index (χ4v) is 3.17. The molecule has 0 atom stereocenters. The Morgan fingerprint density at radius 1 is 0.923 bits per heavy atom. The molecule has 26 heavy (non-hydrogen) atoms. The fourth-order valence-electron chi connectivity index (χ4n) is 2.55. The normalized spacial score (nSPS) is 10.6. The van der Waals surface area contributed by atoms with Gasteiger partial charge in [-0.05, 0) is 44.5 Å². The maximum atomic E-state index is 12.2. The van der Waals surface area contributed by atoms with E-state index in [0.29, 0.717) is 5.75 Å². The largest absolute Gasteiger partial charge is 0.325 e. The number of amides is 1. The lowest BCUT2D eigenvalue weighted by Crippen LogP contribution is -2.15. The van der Waals surface area contributed by atoms with E-state index in [-0.39, 0.29) is 5.91 Å². The highest BCUT2D eigenvalue weighted by molar-refractivity contribution is 7.99. The van der Waals surface area contributed by atoms with Crippen LogP contribution in [0.25, 0.3) is 11.3 Å². The minimum absolute atomic E-state index is 0.0497. The number of nitrogens with zero attached hydrogens (tertiary/aromatic N) is 2. The van der Waals surface area contributed by atoms with Gasteiger partial charge in [-0.15, -0.1) is 10.2 Å². The van der Waals surface area contributed by atoms with Crippen molar-refractivity contribution in [2.24, 2.45) is 0 Å². The van der Waals surface area contributed by atoms with Crippen LogP contribution >= 0.6 is 11.8 Å². The third kappa shape index (κ3) is 4.70. The second-order valence-electron chi connectivity index (χ2n) is 6.28. The zero-order valence-electron chi connectivity index (χ0n) is 15.1. The number of aromatic nitrogens is 2. The molecule has 1 aromatic heterocycles. The zero-order valence-corrected chi connectivity index (χ0v) is 15.9. The number of nitrogens with one attached hydrogen (secondary N) is 1. The predicted octanol–water partition coefficient (Wildman–Crippen LogP) is 4.80. The van der Waals surface area contributed by atoms with Crippen LogP contribution in [0.1, 0.15) is 16.7 Å². The molecule has 132 valence electrons. The van der Waals surface area contributed by atoms with Gasteiger partial charge in [0.2, 0.25) is 5.91 Å². The van der Waals surface area contributed by atoms with Gasteiger partial charge < -0.3 is 5.32 Å². The molecular formula is C21H21N3OS. The average Bonchev–Trinajstić information content (AvgIpc) is 2.63. The molecule has 0 unspecified atom stereocenters. The summed E-state index contributed by atoms with van der Waals surface area (Å²) in [5.41, 5.74) is 6.16. The SMILES string of the molecule is Cc1ccc(-c2ccc(SCC(=O)Nc3ccc(C)cc3C)nn2)cc1. The standard InChI is InChI=1S/C21H21N3OS/c1-14-4-7-17(8-5-14)19-10-11-21(24-23-19)26-13-20(25)22-18-9-6-15(2)12-16(18)3/h4-12H,13H2,1-3H3,(H,22,25). The first kappa shape index (κ1) is 18.1. The van der Waals surface area contributed by atoms with Crippen LogP contribution < -0.4 is 5.32 Å². The van der Waals surface area contributed by atoms with Crippen molar-refractivity contribution in [1.82, 2.24) is 10.2 Å². The smallest absolute Gasteiger partial charge is 0.234 e. The number of thioether (sulfide) groups is 1. The third-order valence-corrected chi connectivity index (χ3v) is 4.91. The molecule has 1 amide bonds. The molecule has 3 aromatic rings. The van der Waals surface area contributed by atoms with Gasteiger partial charge in [0.1, 0.15) is 5.03 Å². The van der Waals surface area contributed by atoms with Gasteiger partial charge in [0.05, 0.1) is 11.4 Å². The van der Waals surface area contributed by atoms with E-state index in [4.69, 9.17) is 0 Å². The van der Waals surface area contributed by atoms with Gasteiger partial charge in [0, 0.05) is 11.3 Å². The molecule has 1 N–H and O–H groups in total. The summed E-state index contributed by atoms with van der Waals surface area (Å²) in [6.07, 6.45) is 0. The van der Waals surface area contributed by atoms with Gasteiger partial charge in [-0.25, -0.2) is 0 Å². The van der Waals surface area contributed by atoms with Gasteiger partial charge in [-0.3, -0.25) is 4.79 Å². The summed E-state index contributed by atoms with van der Waals surface area (Å²) < 4.78 is 0. The summed E-state index contributed by atoms with van der Waals surface area (Å²) in [6, 6.07) is 18.0. The Bertz CT molecular complexity index is 906. The lowest BCUT2D eigenvalue weighted by molar-refractivity contribution is -0.113. The Hall–Kier alpha value is -2.66. The molecule has 4 nitrogen and oxygen atoms in total. The first-order valence-electron chi connectivity index (χ1n) is 8.42. The summed E-state index contributed by atoms with van der Waals surface area (Å²) in [5.74, 6) is 0.248. The number of carbonyl (C=O) groups excluding carboxylic acids is 1. The first-order chi connectivity index (χ1) is 12.5. The molecule has 0 radical (unpaired) electrons. The second kappa shape index (κ2) is 8.15. The Morgan fingerprint density at radius 2 is 1.65 bits per heavy atom. The Balaban J connectivity index is 1.57. The highest BCUT2D eigenvalue weighted by atomic mass is 32.2. The predicted molar refractivity (Wildman–Crippen MR) is 107 cm³/mol. The topological polar surface area (TPSA) is 54.9 Å². The molecule has 0 saturated carbocycles. The van der Waals surface area contributed by atoms with E-state index in [0.717, 1.165) is 27.5 Å². The number of aryl methyl sites for hydroxylation is 3. The van der Waals surface area contributed by atoms with Crippen LogP contribution in [0.5, 0.6) is 0 Å². The Morgan fingerprint density at radius 3 is 2.31 bits per heavy atom. The molecule has 0 aliphatic carbocycles. The lowest BCUT2D eigenvalue weighted by atomic mass is 10.1. The average molecular weight is 363 g/mol. The Kier molecular flexibility index (Phi) is 5.68. The van der Waals surface area contributed by atoms with Gasteiger partial charge in [0.25, 0.3) is 0 Å². The van der Waals surface area contributed by atoms with Crippen molar-refractivity contribution in [3.05, 3.63) is 71.3 Å². The van der Waals surface area contributed by atoms with Crippen molar-refractivity contribution in [2.45, 2.75) is 25.8 Å². The van der Waals surface area contributed by atoms with Crippen LogP contribution in [0, 0.1) is 20.8 Å². The van der Waals surface area contributed by atoms with Crippen LogP contribution in [0.3, 0.4) is 0 Å². The van der Waals surface area contributed by atoms with Crippen molar-refractivity contribution in [3.63, 3.8) is 0 Å². The van der Waals surface area contributed by atoms with E-state index >= 15 is 0 Å². The summed E-state index contributed by atoms with van der Waals surface area (Å²) in [5, 5.41) is 12.2. The number of anilines is 1. The number of hydrogen-bond acceptors (Lipinski definition) is 4. The van der Waals surface area contributed by atoms with Crippen molar-refractivity contribution in [2.75, 3.05) is 11.1 Å². The van der Waals surface area contributed by atoms with Crippen molar-refractivity contribution in [3.8, 4) is 11.3 Å². The molecule has 0 aliphatic rings. The first-order valence-corrected chi connectivity index (χ1v) is 9.40. The van der Waals surface area contributed by atoms with E-state index in [1.807, 2.05) is 50.2 Å². The highest BCUT2D eigenvalue weighted by Gasteiger charge is 2.07. The molecule has 2 aromatic carbocycles. The van der Waals surface area contributed by atoms with E-state index in [2.05, 4.69) is 40.6 Å². The number of hydrogen-bond donors (Lipinski definition) is 1. The molecule has 1 heterocycles. The van der Waals surface area contributed by atoms with Gasteiger partial charge in [-0.1, -0.05) is 59.3 Å². The zero-order chi connectivity index (χ0) is 18.5. The fraction of sp³-hybridized carbons (Fsp3) is 0.190. The molecule has 5 heteroatoms. The van der Waals surface area contributed by atoms with E-state index in [1.54, 1.807) is 0 Å². The van der Waals surface area contributed by atoms with Gasteiger partial charge in [0.15, 0.2) is 0 Å². The van der Waals surface area contributed by atoms with E-state index < -0.39 is 0 Å². The van der Waals surface area contributed by atoms with Gasteiger partial charge in [-0.2, -0.15) is 0 Å². The van der Waals surface area contributed by atoms with Crippen molar-refractivity contribution < 1.29 is 4.79 Å². The van der Waals surface area contributed by atoms with E-state index in [1.165, 1.54) is 22.9 Å². The monoisotopic (exact) mass is 363 g/mol. The third-order valence-electron chi connectivity index (χ3n) is 3.99. The second-order valence-corrected chi connectivity index (χ2v) is 7.27. The quantitative estimate of drug-likeness (QED) is 0.662. The van der Waals surface area contributed by atoms with Crippen molar-refractivity contribution >= 4 is 23.4 Å². The van der Waals surface area contributed by atoms with Crippen LogP contribution in [0.4, 0.5) is 5.69 Å². The van der Waals surface area contributed by atoms with Crippen LogP contribution in [-0.2, 0) is 4.79 Å². The Labute approximate surface area is 158 Å². The molecule has 0 bridgehead atoms. The van der Waals surface area contributed by atoms with E-state index in [9.17, 15) is 4.79 Å². The molecule has 0 saturated heterocycles. The van der Waals surface area contributed by atoms with Crippen LogP contribution in [0.2, 0.25) is 0 Å². The molecular weight excluding hydrogens is 342 g/mol. The lowest BCUT2D eigenvalue weighted by Gasteiger charge is -2.09. The van der Waals surface area contributed by atoms with Crippen LogP contribution in [-0.4, -0.2) is 21.9 Å². The number of carbonyl (C=O) groups is 1. The maximum Gasteiger partial charge on any atom is 0.234 e. The number of rotatable bonds is 5. The maximum absolute atomic E-state index is 12.2. The molecule has 0 fully saturated rings.